The monoisotopic (exact) mass is 434 g/mol. The summed E-state index contributed by atoms with van der Waals surface area (Å²) in [6, 6.07) is 4.82. The zero-order chi connectivity index (χ0) is 22.2. The molecule has 1 aliphatic carbocycles. The highest BCUT2D eigenvalue weighted by atomic mass is 19.4. The molecule has 2 aromatic rings. The van der Waals surface area contributed by atoms with Crippen molar-refractivity contribution < 1.29 is 22.8 Å². The normalized spacial score (nSPS) is 23.1. The number of likely N-dealkylation sites (tertiary alicyclic amines) is 1. The minimum Gasteiger partial charge on any atom is -0.355 e. The first-order chi connectivity index (χ1) is 14.7. The second-order valence-electron chi connectivity index (χ2n) is 8.37. The molecule has 9 heteroatoms. The van der Waals surface area contributed by atoms with Crippen LogP contribution in [0.5, 0.6) is 0 Å². The molecule has 3 unspecified atom stereocenters. The summed E-state index contributed by atoms with van der Waals surface area (Å²) in [4.78, 5) is 33.8. The van der Waals surface area contributed by atoms with E-state index in [-0.39, 0.29) is 30.2 Å². The Bertz CT molecular complexity index is 972. The number of aromatic amines is 1. The number of H-pyrrole nitrogens is 1. The lowest BCUT2D eigenvalue weighted by molar-refractivity contribution is -0.137. The van der Waals surface area contributed by atoms with Crippen LogP contribution in [0.1, 0.15) is 50.0 Å². The summed E-state index contributed by atoms with van der Waals surface area (Å²) in [5.41, 5.74) is 0.147. The maximum Gasteiger partial charge on any atom is 0.416 e. The SMILES string of the molecule is CC1CC1C(=O)NCCC(=O)N1CCCC1c1ncc(-c2cccc(C(F)(F)F)c2)[nH]1. The molecule has 2 amide bonds. The Morgan fingerprint density at radius 2 is 2.10 bits per heavy atom. The molecule has 2 fully saturated rings. The van der Waals surface area contributed by atoms with Gasteiger partial charge in [0.25, 0.3) is 0 Å². The van der Waals surface area contributed by atoms with Gasteiger partial charge in [-0.15, -0.1) is 0 Å². The summed E-state index contributed by atoms with van der Waals surface area (Å²) in [7, 11) is 0. The van der Waals surface area contributed by atoms with E-state index in [0.29, 0.717) is 36.1 Å². The molecule has 2 heterocycles. The standard InChI is InChI=1S/C22H25F3N4O2/c1-13-10-16(13)21(31)26-8-7-19(30)29-9-3-6-18(29)20-27-12-17(28-20)14-4-2-5-15(11-14)22(23,24)25/h2,4-5,11-13,16,18H,3,6-10H2,1H3,(H,26,31)(H,27,28). The lowest BCUT2D eigenvalue weighted by atomic mass is 10.1. The molecule has 0 spiro atoms. The fourth-order valence-electron chi connectivity index (χ4n) is 4.12. The third-order valence-corrected chi connectivity index (χ3v) is 6.07. The number of hydrogen-bond acceptors (Lipinski definition) is 3. The zero-order valence-corrected chi connectivity index (χ0v) is 17.2. The summed E-state index contributed by atoms with van der Waals surface area (Å²) in [6.45, 7) is 2.93. The van der Waals surface area contributed by atoms with Gasteiger partial charge in [0.05, 0.1) is 23.5 Å². The van der Waals surface area contributed by atoms with Gasteiger partial charge in [0.15, 0.2) is 0 Å². The second kappa shape index (κ2) is 8.36. The molecule has 2 N–H and O–H groups in total. The van der Waals surface area contributed by atoms with Crippen LogP contribution in [0.3, 0.4) is 0 Å². The zero-order valence-electron chi connectivity index (χ0n) is 17.2. The average Bonchev–Trinajstić information content (AvgIpc) is 3.13. The van der Waals surface area contributed by atoms with Gasteiger partial charge in [-0.05, 0) is 37.3 Å². The number of hydrogen-bond donors (Lipinski definition) is 2. The van der Waals surface area contributed by atoms with Gasteiger partial charge >= 0.3 is 6.18 Å². The minimum atomic E-state index is -4.42. The first kappa shape index (κ1) is 21.4. The van der Waals surface area contributed by atoms with Gasteiger partial charge in [-0.1, -0.05) is 19.1 Å². The van der Waals surface area contributed by atoms with E-state index in [2.05, 4.69) is 15.3 Å². The number of nitrogens with one attached hydrogen (secondary N) is 2. The molecule has 3 atom stereocenters. The third-order valence-electron chi connectivity index (χ3n) is 6.07. The highest BCUT2D eigenvalue weighted by Gasteiger charge is 2.39. The topological polar surface area (TPSA) is 78.1 Å². The van der Waals surface area contributed by atoms with Crippen LogP contribution in [-0.2, 0) is 15.8 Å². The van der Waals surface area contributed by atoms with Crippen molar-refractivity contribution in [3.63, 3.8) is 0 Å². The first-order valence-electron chi connectivity index (χ1n) is 10.5. The number of aromatic nitrogens is 2. The average molecular weight is 434 g/mol. The molecule has 1 aliphatic heterocycles. The Morgan fingerprint density at radius 1 is 1.32 bits per heavy atom. The Morgan fingerprint density at radius 3 is 2.81 bits per heavy atom. The summed E-state index contributed by atoms with van der Waals surface area (Å²) < 4.78 is 39.0. The number of alkyl halides is 3. The molecule has 166 valence electrons. The Balaban J connectivity index is 1.39. The number of nitrogens with zero attached hydrogens (tertiary/aromatic N) is 2. The van der Waals surface area contributed by atoms with E-state index in [1.807, 2.05) is 6.92 Å². The highest BCUT2D eigenvalue weighted by Crippen LogP contribution is 2.37. The predicted molar refractivity (Wildman–Crippen MR) is 108 cm³/mol. The molecule has 1 aromatic heterocycles. The number of benzene rings is 1. The lowest BCUT2D eigenvalue weighted by Gasteiger charge is -2.23. The number of carbonyl (C=O) groups excluding carboxylic acids is 2. The predicted octanol–water partition coefficient (Wildman–Crippen LogP) is 3.92. The van der Waals surface area contributed by atoms with Gasteiger partial charge < -0.3 is 15.2 Å². The fourth-order valence-corrected chi connectivity index (χ4v) is 4.12. The van der Waals surface area contributed by atoms with Crippen LogP contribution in [-0.4, -0.2) is 39.8 Å². The molecule has 0 bridgehead atoms. The van der Waals surface area contributed by atoms with E-state index >= 15 is 0 Å². The van der Waals surface area contributed by atoms with E-state index in [9.17, 15) is 22.8 Å². The Labute approximate surface area is 178 Å². The Hall–Kier alpha value is -2.84. The van der Waals surface area contributed by atoms with E-state index in [4.69, 9.17) is 0 Å². The molecular formula is C22H25F3N4O2. The molecule has 4 rings (SSSR count). The van der Waals surface area contributed by atoms with Crippen molar-refractivity contribution in [3.8, 4) is 11.3 Å². The maximum absolute atomic E-state index is 13.0. The smallest absolute Gasteiger partial charge is 0.355 e. The molecule has 31 heavy (non-hydrogen) atoms. The van der Waals surface area contributed by atoms with Gasteiger partial charge in [0, 0.05) is 31.0 Å². The number of carbonyl (C=O) groups is 2. The van der Waals surface area contributed by atoms with Crippen LogP contribution in [0, 0.1) is 11.8 Å². The molecule has 6 nitrogen and oxygen atoms in total. The largest absolute Gasteiger partial charge is 0.416 e. The van der Waals surface area contributed by atoms with Crippen LogP contribution in [0.25, 0.3) is 11.3 Å². The van der Waals surface area contributed by atoms with Crippen molar-refractivity contribution in [3.05, 3.63) is 41.9 Å². The number of amides is 2. The molecule has 2 aliphatic rings. The molecule has 1 saturated heterocycles. The van der Waals surface area contributed by atoms with Crippen molar-refractivity contribution in [2.24, 2.45) is 11.8 Å². The molecule has 0 radical (unpaired) electrons. The summed E-state index contributed by atoms with van der Waals surface area (Å²) in [6.07, 6.45) is -0.246. The minimum absolute atomic E-state index is 0.00929. The van der Waals surface area contributed by atoms with E-state index in [1.165, 1.54) is 12.3 Å². The number of rotatable bonds is 6. The van der Waals surface area contributed by atoms with Gasteiger partial charge in [-0.2, -0.15) is 13.2 Å². The first-order valence-corrected chi connectivity index (χ1v) is 10.5. The number of imidazole rings is 1. The summed E-state index contributed by atoms with van der Waals surface area (Å²) in [5, 5.41) is 2.83. The third kappa shape index (κ3) is 4.75. The van der Waals surface area contributed by atoms with Crippen LogP contribution < -0.4 is 5.32 Å². The van der Waals surface area contributed by atoms with Crippen molar-refractivity contribution in [1.29, 1.82) is 0 Å². The quantitative estimate of drug-likeness (QED) is 0.723. The lowest BCUT2D eigenvalue weighted by Crippen LogP contribution is -2.35. The van der Waals surface area contributed by atoms with Gasteiger partial charge in [0.2, 0.25) is 11.8 Å². The van der Waals surface area contributed by atoms with E-state index < -0.39 is 11.7 Å². The van der Waals surface area contributed by atoms with E-state index in [0.717, 1.165) is 31.4 Å². The molecule has 1 saturated carbocycles. The maximum atomic E-state index is 13.0. The van der Waals surface area contributed by atoms with Crippen LogP contribution in [0.15, 0.2) is 30.5 Å². The van der Waals surface area contributed by atoms with Crippen LogP contribution in [0.2, 0.25) is 0 Å². The Kier molecular flexibility index (Phi) is 5.77. The van der Waals surface area contributed by atoms with Gasteiger partial charge in [-0.25, -0.2) is 4.98 Å². The van der Waals surface area contributed by atoms with Crippen molar-refractivity contribution in [2.75, 3.05) is 13.1 Å². The van der Waals surface area contributed by atoms with Crippen molar-refractivity contribution >= 4 is 11.8 Å². The van der Waals surface area contributed by atoms with E-state index in [1.54, 1.807) is 11.0 Å². The van der Waals surface area contributed by atoms with Crippen molar-refractivity contribution in [2.45, 2.75) is 44.8 Å². The fraction of sp³-hybridized carbons (Fsp3) is 0.500. The molecular weight excluding hydrogens is 409 g/mol. The van der Waals surface area contributed by atoms with Crippen LogP contribution >= 0.6 is 0 Å². The number of halogens is 3. The van der Waals surface area contributed by atoms with Crippen molar-refractivity contribution in [1.82, 2.24) is 20.2 Å². The van der Waals surface area contributed by atoms with Crippen LogP contribution in [0.4, 0.5) is 13.2 Å². The summed E-state index contributed by atoms with van der Waals surface area (Å²) >= 11 is 0. The second-order valence-corrected chi connectivity index (χ2v) is 8.37. The van der Waals surface area contributed by atoms with Gasteiger partial charge in [-0.3, -0.25) is 9.59 Å². The molecule has 1 aromatic carbocycles. The highest BCUT2D eigenvalue weighted by molar-refractivity contribution is 5.82. The van der Waals surface area contributed by atoms with Gasteiger partial charge in [0.1, 0.15) is 5.82 Å². The summed E-state index contributed by atoms with van der Waals surface area (Å²) in [5.74, 6) is 1.00.